The average Bonchev–Trinajstić information content (AvgIpc) is 3.26. The number of benzene rings is 7. The Morgan fingerprint density at radius 3 is 1.36 bits per heavy atom. The summed E-state index contributed by atoms with van der Waals surface area (Å²) in [5.74, 6) is 0.551. The van der Waals surface area contributed by atoms with E-state index >= 15 is 0 Å². The van der Waals surface area contributed by atoms with E-state index in [4.69, 9.17) is 0 Å². The molecule has 304 valence electrons. The van der Waals surface area contributed by atoms with Gasteiger partial charge in [0.2, 0.25) is 0 Å². The predicted molar refractivity (Wildman–Crippen MR) is 263 cm³/mol. The highest BCUT2D eigenvalue weighted by Gasteiger charge is 2.45. The largest absolute Gasteiger partial charge is 0.311 e. The molecule has 2 aliphatic heterocycles. The first-order valence-corrected chi connectivity index (χ1v) is 23.7. The van der Waals surface area contributed by atoms with Gasteiger partial charge >= 0.3 is 0 Å². The van der Waals surface area contributed by atoms with Crippen LogP contribution in [0.3, 0.4) is 0 Å². The van der Waals surface area contributed by atoms with E-state index in [1.165, 1.54) is 156 Å². The van der Waals surface area contributed by atoms with Crippen LogP contribution in [-0.4, -0.2) is 6.71 Å². The molecule has 7 aromatic rings. The molecule has 0 atom stereocenters. The molecule has 0 aromatic heterocycles. The van der Waals surface area contributed by atoms with Crippen molar-refractivity contribution in [2.45, 2.75) is 129 Å². The topological polar surface area (TPSA) is 6.48 Å². The third-order valence-electron chi connectivity index (χ3n) is 15.5. The van der Waals surface area contributed by atoms with Gasteiger partial charge in [-0.3, -0.25) is 0 Å². The Labute approximate surface area is 364 Å². The second kappa shape index (κ2) is 13.6. The smallest absolute Gasteiger partial charge is 0.252 e. The highest BCUT2D eigenvalue weighted by Crippen LogP contribution is 2.51. The maximum Gasteiger partial charge on any atom is 0.252 e. The zero-order chi connectivity index (χ0) is 41.4. The average molecular weight is 795 g/mol. The van der Waals surface area contributed by atoms with Crippen LogP contribution in [0.1, 0.15) is 131 Å². The minimum atomic E-state index is 0.00748. The number of rotatable bonds is 3. The number of fused-ring (bicyclic) bond motifs is 4. The molecule has 3 heteroatoms. The third kappa shape index (κ3) is 5.75. The van der Waals surface area contributed by atoms with Crippen molar-refractivity contribution in [3.63, 3.8) is 0 Å². The van der Waals surface area contributed by atoms with Crippen LogP contribution < -0.4 is 26.2 Å². The molecule has 12 rings (SSSR count). The lowest BCUT2D eigenvalue weighted by Crippen LogP contribution is -2.61. The maximum atomic E-state index is 2.74. The molecule has 1 fully saturated rings. The fraction of sp³-hybridized carbons (Fsp3) is 0.345. The Morgan fingerprint density at radius 2 is 0.902 bits per heavy atom. The maximum absolute atomic E-state index is 2.74. The molecule has 1 saturated carbocycles. The highest BCUT2D eigenvalue weighted by atomic mass is 15.2. The summed E-state index contributed by atoms with van der Waals surface area (Å²) in [6.45, 7) is 14.3. The molecule has 3 aliphatic carbocycles. The summed E-state index contributed by atoms with van der Waals surface area (Å²) in [7, 11) is 0. The molecule has 61 heavy (non-hydrogen) atoms. The first-order valence-electron chi connectivity index (χ1n) is 23.7. The van der Waals surface area contributed by atoms with E-state index in [1.807, 2.05) is 0 Å². The molecular weight excluding hydrogens is 735 g/mol. The van der Waals surface area contributed by atoms with Gasteiger partial charge < -0.3 is 9.80 Å². The predicted octanol–water partition coefficient (Wildman–Crippen LogP) is 13.7. The summed E-state index contributed by atoms with van der Waals surface area (Å²) in [5.41, 5.74) is 22.7. The van der Waals surface area contributed by atoms with Gasteiger partial charge in [-0.05, 0) is 171 Å². The van der Waals surface area contributed by atoms with Crippen molar-refractivity contribution >= 4 is 78.8 Å². The van der Waals surface area contributed by atoms with Crippen molar-refractivity contribution in [1.82, 2.24) is 0 Å². The van der Waals surface area contributed by atoms with Gasteiger partial charge in [-0.1, -0.05) is 134 Å². The highest BCUT2D eigenvalue weighted by molar-refractivity contribution is 7.00. The monoisotopic (exact) mass is 794 g/mol. The molecule has 0 amide bonds. The van der Waals surface area contributed by atoms with Crippen LogP contribution in [0.4, 0.5) is 34.1 Å². The number of nitrogens with zero attached hydrogens (tertiary/aromatic N) is 2. The molecule has 5 aliphatic rings. The second-order valence-electron chi connectivity index (χ2n) is 21.3. The van der Waals surface area contributed by atoms with Crippen LogP contribution in [0.2, 0.25) is 0 Å². The summed E-state index contributed by atoms with van der Waals surface area (Å²) >= 11 is 0. The summed E-state index contributed by atoms with van der Waals surface area (Å²) in [5, 5.41) is 5.77. The summed E-state index contributed by atoms with van der Waals surface area (Å²) in [6, 6.07) is 44.6. The van der Waals surface area contributed by atoms with E-state index in [2.05, 4.69) is 161 Å². The number of hydrogen-bond donors (Lipinski definition) is 0. The summed E-state index contributed by atoms with van der Waals surface area (Å²) in [4.78, 5) is 5.49. The Balaban J connectivity index is 1.22. The van der Waals surface area contributed by atoms with Gasteiger partial charge in [0.05, 0.1) is 11.4 Å². The van der Waals surface area contributed by atoms with E-state index in [0.717, 1.165) is 25.7 Å². The lowest BCUT2D eigenvalue weighted by atomic mass is 9.33. The van der Waals surface area contributed by atoms with Gasteiger partial charge in [-0.2, -0.15) is 0 Å². The fourth-order valence-electron chi connectivity index (χ4n) is 12.4. The zero-order valence-electron chi connectivity index (χ0n) is 37.2. The van der Waals surface area contributed by atoms with E-state index in [0.29, 0.717) is 5.92 Å². The van der Waals surface area contributed by atoms with E-state index in [-0.39, 0.29) is 17.5 Å². The normalized spacial score (nSPS) is 17.1. The lowest BCUT2D eigenvalue weighted by Gasteiger charge is -2.46. The van der Waals surface area contributed by atoms with Gasteiger partial charge in [-0.25, -0.2) is 0 Å². The van der Waals surface area contributed by atoms with Gasteiger partial charge in [0.1, 0.15) is 0 Å². The van der Waals surface area contributed by atoms with Crippen molar-refractivity contribution in [2.75, 3.05) is 9.80 Å². The molecule has 0 bridgehead atoms. The molecule has 7 aromatic carbocycles. The van der Waals surface area contributed by atoms with Crippen molar-refractivity contribution in [3.05, 3.63) is 148 Å². The standard InChI is InChI=1S/C58H59BN2/c1-57(2,3)42-26-28-46-50(34-42)60(48-30-24-39-18-10-16-37-20-12-22-44(48)54(37)39)52-32-41(36-14-8-7-9-15-36)33-53-56(52)59(46)47-29-27-43(58(4,5)6)35-51(47)61(53)49-31-25-40-19-11-17-38-21-13-23-45(49)55(38)40/h12-13,20-36H,7-11,14-19H2,1-6H3. The Hall–Kier alpha value is -5.28. The number of aryl methyl sites for hydroxylation is 4. The van der Waals surface area contributed by atoms with E-state index < -0.39 is 0 Å². The van der Waals surface area contributed by atoms with Crippen LogP contribution in [0.5, 0.6) is 0 Å². The number of anilines is 6. The molecule has 0 radical (unpaired) electrons. The van der Waals surface area contributed by atoms with Crippen LogP contribution in [0.25, 0.3) is 21.5 Å². The summed E-state index contributed by atoms with van der Waals surface area (Å²) in [6.07, 6.45) is 13.6. The number of hydrogen-bond acceptors (Lipinski definition) is 2. The first-order chi connectivity index (χ1) is 29.5. The fourth-order valence-corrected chi connectivity index (χ4v) is 12.4. The minimum absolute atomic E-state index is 0.00748. The van der Waals surface area contributed by atoms with Crippen molar-refractivity contribution < 1.29 is 0 Å². The van der Waals surface area contributed by atoms with Gasteiger partial charge in [-0.15, -0.1) is 0 Å². The third-order valence-corrected chi connectivity index (χ3v) is 15.5. The Kier molecular flexibility index (Phi) is 8.36. The van der Waals surface area contributed by atoms with Crippen LogP contribution in [-0.2, 0) is 36.5 Å². The van der Waals surface area contributed by atoms with Crippen molar-refractivity contribution in [3.8, 4) is 0 Å². The van der Waals surface area contributed by atoms with Crippen LogP contribution in [0, 0.1) is 0 Å². The molecule has 2 heterocycles. The molecular formula is C58H59BN2. The van der Waals surface area contributed by atoms with E-state index in [1.54, 1.807) is 0 Å². The molecule has 0 spiro atoms. The SMILES string of the molecule is CC(C)(C)c1ccc2c(c1)N(c1ccc3c4c(cccc14)CCC3)c1cc(C3CCCCC3)cc3c1B2c1ccc(C(C)(C)C)cc1N3c1ccc2c3c(cccc13)CCC2. The summed E-state index contributed by atoms with van der Waals surface area (Å²) < 4.78 is 0. The van der Waals surface area contributed by atoms with Gasteiger partial charge in [0, 0.05) is 33.5 Å². The lowest BCUT2D eigenvalue weighted by molar-refractivity contribution is 0.444. The van der Waals surface area contributed by atoms with Crippen LogP contribution >= 0.6 is 0 Å². The van der Waals surface area contributed by atoms with Crippen LogP contribution in [0.15, 0.2) is 109 Å². The first kappa shape index (κ1) is 37.5. The zero-order valence-corrected chi connectivity index (χ0v) is 37.2. The molecule has 0 saturated heterocycles. The Bertz CT molecular complexity index is 2740. The van der Waals surface area contributed by atoms with E-state index in [9.17, 15) is 0 Å². The second-order valence-corrected chi connectivity index (χ2v) is 21.3. The molecule has 0 unspecified atom stereocenters. The van der Waals surface area contributed by atoms with Gasteiger partial charge in [0.25, 0.3) is 6.71 Å². The molecule has 2 nitrogen and oxygen atoms in total. The molecule has 0 N–H and O–H groups in total. The Morgan fingerprint density at radius 1 is 0.443 bits per heavy atom. The quantitative estimate of drug-likeness (QED) is 0.164. The van der Waals surface area contributed by atoms with Crippen molar-refractivity contribution in [1.29, 1.82) is 0 Å². The van der Waals surface area contributed by atoms with Gasteiger partial charge in [0.15, 0.2) is 0 Å². The minimum Gasteiger partial charge on any atom is -0.311 e. The van der Waals surface area contributed by atoms with Crippen molar-refractivity contribution in [2.24, 2.45) is 0 Å².